The van der Waals surface area contributed by atoms with E-state index in [4.69, 9.17) is 0 Å². The number of nitrogens with zero attached hydrogens (tertiary/aromatic N) is 4. The maximum atomic E-state index is 4.54. The van der Waals surface area contributed by atoms with Gasteiger partial charge in [-0.25, -0.2) is 0 Å². The van der Waals surface area contributed by atoms with Gasteiger partial charge in [0, 0.05) is 32.1 Å². The summed E-state index contributed by atoms with van der Waals surface area (Å²) in [6.45, 7) is 6.82. The van der Waals surface area contributed by atoms with Crippen molar-refractivity contribution in [1.29, 1.82) is 0 Å². The van der Waals surface area contributed by atoms with Gasteiger partial charge in [-0.3, -0.25) is 4.99 Å². The highest BCUT2D eigenvalue weighted by molar-refractivity contribution is 5.80. The molecule has 1 aromatic rings. The van der Waals surface area contributed by atoms with Gasteiger partial charge >= 0.3 is 0 Å². The molecule has 2 N–H and O–H groups in total. The fourth-order valence-corrected chi connectivity index (χ4v) is 1.83. The molecular weight excluding hydrogens is 240 g/mol. The van der Waals surface area contributed by atoms with Crippen LogP contribution in [0.3, 0.4) is 0 Å². The molecule has 0 radical (unpaired) electrons. The second-order valence-corrected chi connectivity index (χ2v) is 4.87. The first-order chi connectivity index (χ1) is 9.33. The van der Waals surface area contributed by atoms with Crippen LogP contribution in [0.5, 0.6) is 0 Å². The van der Waals surface area contributed by atoms with Gasteiger partial charge in [0.1, 0.15) is 12.2 Å². The maximum absolute atomic E-state index is 4.54. The second-order valence-electron chi connectivity index (χ2n) is 4.87. The number of guanidine groups is 1. The lowest BCUT2D eigenvalue weighted by Crippen LogP contribution is -2.40. The standard InChI is InChI=1S/C13H24N6/c1-3-7-14-13(17-11-5-6-11)15-8-9-19-10-16-18-12(19)4-2/h10-11H,3-9H2,1-2H3,(H2,14,15,17). The summed E-state index contributed by atoms with van der Waals surface area (Å²) >= 11 is 0. The van der Waals surface area contributed by atoms with Crippen LogP contribution in [0.1, 0.15) is 38.9 Å². The van der Waals surface area contributed by atoms with Gasteiger partial charge in [-0.15, -0.1) is 10.2 Å². The third kappa shape index (κ3) is 4.54. The zero-order valence-electron chi connectivity index (χ0n) is 11.9. The van der Waals surface area contributed by atoms with Gasteiger partial charge in [0.05, 0.1) is 0 Å². The highest BCUT2D eigenvalue weighted by Gasteiger charge is 2.22. The van der Waals surface area contributed by atoms with Crippen molar-refractivity contribution in [2.75, 3.05) is 13.1 Å². The lowest BCUT2D eigenvalue weighted by molar-refractivity contribution is 0.631. The average molecular weight is 264 g/mol. The van der Waals surface area contributed by atoms with Crippen LogP contribution in [0.2, 0.25) is 0 Å². The van der Waals surface area contributed by atoms with E-state index in [0.29, 0.717) is 6.04 Å². The molecule has 1 saturated carbocycles. The molecule has 6 nitrogen and oxygen atoms in total. The van der Waals surface area contributed by atoms with Crippen LogP contribution in [0.4, 0.5) is 0 Å². The van der Waals surface area contributed by atoms with E-state index < -0.39 is 0 Å². The molecule has 0 amide bonds. The molecule has 0 spiro atoms. The Balaban J connectivity index is 1.77. The minimum atomic E-state index is 0.629. The molecular formula is C13H24N6. The lowest BCUT2D eigenvalue weighted by Gasteiger charge is -2.12. The Bertz CT molecular complexity index is 407. The highest BCUT2D eigenvalue weighted by Crippen LogP contribution is 2.18. The molecule has 6 heteroatoms. The topological polar surface area (TPSA) is 67.1 Å². The van der Waals surface area contributed by atoms with E-state index in [9.17, 15) is 0 Å². The lowest BCUT2D eigenvalue weighted by atomic mass is 10.4. The predicted molar refractivity (Wildman–Crippen MR) is 76.2 cm³/mol. The monoisotopic (exact) mass is 264 g/mol. The summed E-state index contributed by atoms with van der Waals surface area (Å²) in [4.78, 5) is 4.54. The maximum Gasteiger partial charge on any atom is 0.191 e. The third-order valence-corrected chi connectivity index (χ3v) is 3.07. The van der Waals surface area contributed by atoms with Crippen molar-refractivity contribution in [3.63, 3.8) is 0 Å². The Hall–Kier alpha value is -1.59. The summed E-state index contributed by atoms with van der Waals surface area (Å²) in [6, 6.07) is 0.629. The second kappa shape index (κ2) is 7.11. The van der Waals surface area contributed by atoms with E-state index in [-0.39, 0.29) is 0 Å². The molecule has 1 heterocycles. The van der Waals surface area contributed by atoms with Crippen LogP contribution >= 0.6 is 0 Å². The fourth-order valence-electron chi connectivity index (χ4n) is 1.83. The van der Waals surface area contributed by atoms with E-state index >= 15 is 0 Å². The number of rotatable bonds is 7. The Kier molecular flexibility index (Phi) is 5.18. The molecule has 0 saturated heterocycles. The number of hydrogen-bond donors (Lipinski definition) is 2. The number of nitrogens with one attached hydrogen (secondary N) is 2. The first kappa shape index (κ1) is 13.8. The van der Waals surface area contributed by atoms with E-state index in [1.54, 1.807) is 6.33 Å². The van der Waals surface area contributed by atoms with Crippen molar-refractivity contribution < 1.29 is 0 Å². The van der Waals surface area contributed by atoms with Gasteiger partial charge < -0.3 is 15.2 Å². The molecule has 1 fully saturated rings. The molecule has 1 aliphatic carbocycles. The van der Waals surface area contributed by atoms with Crippen molar-refractivity contribution in [2.24, 2.45) is 4.99 Å². The third-order valence-electron chi connectivity index (χ3n) is 3.07. The van der Waals surface area contributed by atoms with Crippen molar-refractivity contribution >= 4 is 5.96 Å². The van der Waals surface area contributed by atoms with Gasteiger partial charge in [0.15, 0.2) is 5.96 Å². The number of aromatic nitrogens is 3. The molecule has 19 heavy (non-hydrogen) atoms. The van der Waals surface area contributed by atoms with Gasteiger partial charge in [-0.05, 0) is 19.3 Å². The van der Waals surface area contributed by atoms with Crippen LogP contribution in [0, 0.1) is 0 Å². The molecule has 0 aliphatic heterocycles. The van der Waals surface area contributed by atoms with E-state index in [2.05, 4.69) is 44.2 Å². The van der Waals surface area contributed by atoms with Gasteiger partial charge in [-0.1, -0.05) is 13.8 Å². The Morgan fingerprint density at radius 2 is 2.32 bits per heavy atom. The summed E-state index contributed by atoms with van der Waals surface area (Å²) in [5, 5.41) is 14.8. The van der Waals surface area contributed by atoms with E-state index in [1.165, 1.54) is 12.8 Å². The highest BCUT2D eigenvalue weighted by atomic mass is 15.3. The van der Waals surface area contributed by atoms with Gasteiger partial charge in [-0.2, -0.15) is 0 Å². The summed E-state index contributed by atoms with van der Waals surface area (Å²) in [6.07, 6.45) is 6.30. The first-order valence-corrected chi connectivity index (χ1v) is 7.25. The fraction of sp³-hybridized carbons (Fsp3) is 0.769. The predicted octanol–water partition coefficient (Wildman–Crippen LogP) is 0.948. The molecule has 0 unspecified atom stereocenters. The van der Waals surface area contributed by atoms with E-state index in [1.807, 2.05) is 0 Å². The van der Waals surface area contributed by atoms with Crippen molar-refractivity contribution in [2.45, 2.75) is 52.1 Å². The number of aryl methyl sites for hydroxylation is 1. The summed E-state index contributed by atoms with van der Waals surface area (Å²) in [7, 11) is 0. The molecule has 1 aromatic heterocycles. The van der Waals surface area contributed by atoms with Crippen molar-refractivity contribution in [3.8, 4) is 0 Å². The van der Waals surface area contributed by atoms with Crippen LogP contribution in [-0.4, -0.2) is 39.9 Å². The largest absolute Gasteiger partial charge is 0.355 e. The normalized spacial score (nSPS) is 15.6. The minimum Gasteiger partial charge on any atom is -0.355 e. The van der Waals surface area contributed by atoms with Gasteiger partial charge in [0.2, 0.25) is 0 Å². The number of aliphatic imine (C=N–C) groups is 1. The zero-order chi connectivity index (χ0) is 13.5. The van der Waals surface area contributed by atoms with Crippen LogP contribution in [-0.2, 0) is 13.0 Å². The first-order valence-electron chi connectivity index (χ1n) is 7.25. The Morgan fingerprint density at radius 1 is 1.47 bits per heavy atom. The average Bonchev–Trinajstić information content (AvgIpc) is 3.12. The van der Waals surface area contributed by atoms with Crippen LogP contribution in [0.25, 0.3) is 0 Å². The molecule has 0 bridgehead atoms. The molecule has 0 atom stereocenters. The Labute approximate surface area is 114 Å². The molecule has 106 valence electrons. The Morgan fingerprint density at radius 3 is 3.00 bits per heavy atom. The molecule has 0 aromatic carbocycles. The SMILES string of the molecule is CCCN=C(NCCn1cnnc1CC)NC1CC1. The summed E-state index contributed by atoms with van der Waals surface area (Å²) < 4.78 is 2.08. The van der Waals surface area contributed by atoms with Crippen LogP contribution < -0.4 is 10.6 Å². The number of hydrogen-bond acceptors (Lipinski definition) is 3. The molecule has 1 aliphatic rings. The smallest absolute Gasteiger partial charge is 0.191 e. The summed E-state index contributed by atoms with van der Waals surface area (Å²) in [5.74, 6) is 1.97. The van der Waals surface area contributed by atoms with Crippen molar-refractivity contribution in [1.82, 2.24) is 25.4 Å². The van der Waals surface area contributed by atoms with Crippen LogP contribution in [0.15, 0.2) is 11.3 Å². The zero-order valence-corrected chi connectivity index (χ0v) is 11.9. The quantitative estimate of drug-likeness (QED) is 0.568. The van der Waals surface area contributed by atoms with Crippen molar-refractivity contribution in [3.05, 3.63) is 12.2 Å². The minimum absolute atomic E-state index is 0.629. The summed E-state index contributed by atoms with van der Waals surface area (Å²) in [5.41, 5.74) is 0. The van der Waals surface area contributed by atoms with E-state index in [0.717, 1.165) is 44.3 Å². The molecule has 2 rings (SSSR count). The van der Waals surface area contributed by atoms with Gasteiger partial charge in [0.25, 0.3) is 0 Å².